The number of amides is 3. The maximum atomic E-state index is 12.9. The average molecular weight is 484 g/mol. The Hall–Kier alpha value is -3.88. The van der Waals surface area contributed by atoms with Gasteiger partial charge in [0.1, 0.15) is 19.3 Å². The van der Waals surface area contributed by atoms with Crippen molar-refractivity contribution in [3.63, 3.8) is 0 Å². The maximum absolute atomic E-state index is 12.9. The largest absolute Gasteiger partial charge is 0.464 e. The highest BCUT2D eigenvalue weighted by atomic mass is 16.6. The van der Waals surface area contributed by atoms with Crippen molar-refractivity contribution >= 4 is 29.6 Å². The molecule has 2 rings (SSSR count). The fourth-order valence-electron chi connectivity index (χ4n) is 3.14. The Bertz CT molecular complexity index is 978. The number of hydrogen-bond acceptors (Lipinski definition) is 6. The normalized spacial score (nSPS) is 11.2. The third kappa shape index (κ3) is 10.3. The van der Waals surface area contributed by atoms with Crippen molar-refractivity contribution in [2.24, 2.45) is 0 Å². The summed E-state index contributed by atoms with van der Waals surface area (Å²) in [6, 6.07) is 15.7. The molecule has 0 bridgehead atoms. The van der Waals surface area contributed by atoms with E-state index in [4.69, 9.17) is 9.47 Å². The molecule has 2 N–H and O–H groups in total. The lowest BCUT2D eigenvalue weighted by Crippen LogP contribution is -2.45. The number of likely N-dealkylation sites (N-methyl/N-ethyl adjacent to an activating group) is 1. The Morgan fingerprint density at radius 3 is 2.26 bits per heavy atom. The van der Waals surface area contributed by atoms with Crippen LogP contribution >= 0.6 is 0 Å². The van der Waals surface area contributed by atoms with Gasteiger partial charge in [-0.15, -0.1) is 0 Å². The van der Waals surface area contributed by atoms with Crippen LogP contribution in [0.15, 0.2) is 54.6 Å². The molecule has 0 spiro atoms. The van der Waals surface area contributed by atoms with Gasteiger partial charge in [-0.05, 0) is 29.7 Å². The van der Waals surface area contributed by atoms with Crippen LogP contribution < -0.4 is 10.6 Å². The topological polar surface area (TPSA) is 114 Å². The smallest absolute Gasteiger partial charge is 0.409 e. The lowest BCUT2D eigenvalue weighted by molar-refractivity contribution is -0.141. The van der Waals surface area contributed by atoms with Crippen LogP contribution in [0.1, 0.15) is 37.8 Å². The summed E-state index contributed by atoms with van der Waals surface area (Å²) in [5, 5.41) is 5.66. The van der Waals surface area contributed by atoms with Crippen molar-refractivity contribution in [1.82, 2.24) is 10.2 Å². The van der Waals surface area contributed by atoms with Gasteiger partial charge in [-0.3, -0.25) is 14.4 Å². The van der Waals surface area contributed by atoms with E-state index in [1.54, 1.807) is 31.3 Å². The number of hydrogen-bond donors (Lipinski definition) is 2. The molecule has 0 fully saturated rings. The lowest BCUT2D eigenvalue weighted by Gasteiger charge is -2.19. The second-order valence-electron chi connectivity index (χ2n) is 8.06. The standard InChI is InChI=1S/C26H33N3O6/c1-4-8-24(31)28-23(17-20-9-6-5-7-10-20)25(32)27-22-13-11-21(12-14-22)18-35-26(33)29(3)15-16-34-19(2)30/h5-7,9-14,23H,4,8,15-18H2,1-3H3,(H,27,32)(H,28,31)/t23-/m1/s1. The van der Waals surface area contributed by atoms with Crippen molar-refractivity contribution in [2.75, 3.05) is 25.5 Å². The molecule has 35 heavy (non-hydrogen) atoms. The van der Waals surface area contributed by atoms with Crippen molar-refractivity contribution in [3.8, 4) is 0 Å². The van der Waals surface area contributed by atoms with Gasteiger partial charge in [-0.2, -0.15) is 0 Å². The third-order valence-electron chi connectivity index (χ3n) is 5.04. The van der Waals surface area contributed by atoms with Crippen LogP contribution in [0.5, 0.6) is 0 Å². The molecule has 2 aromatic carbocycles. The molecule has 9 heteroatoms. The highest BCUT2D eigenvalue weighted by Gasteiger charge is 2.21. The number of anilines is 1. The highest BCUT2D eigenvalue weighted by Crippen LogP contribution is 2.13. The molecular formula is C26H33N3O6. The molecule has 0 aliphatic carbocycles. The molecule has 0 aliphatic rings. The summed E-state index contributed by atoms with van der Waals surface area (Å²) in [4.78, 5) is 49.2. The molecule has 1 atom stereocenters. The summed E-state index contributed by atoms with van der Waals surface area (Å²) in [6.07, 6.45) is 0.882. The number of nitrogens with zero attached hydrogens (tertiary/aromatic N) is 1. The van der Waals surface area contributed by atoms with Gasteiger partial charge in [-0.25, -0.2) is 4.79 Å². The fourth-order valence-corrected chi connectivity index (χ4v) is 3.14. The van der Waals surface area contributed by atoms with Gasteiger partial charge in [0.25, 0.3) is 0 Å². The van der Waals surface area contributed by atoms with Crippen molar-refractivity contribution in [3.05, 3.63) is 65.7 Å². The number of carbonyl (C=O) groups is 4. The first-order chi connectivity index (χ1) is 16.8. The number of rotatable bonds is 12. The zero-order valence-corrected chi connectivity index (χ0v) is 20.4. The average Bonchev–Trinajstić information content (AvgIpc) is 2.83. The van der Waals surface area contributed by atoms with E-state index in [2.05, 4.69) is 10.6 Å². The minimum atomic E-state index is -0.709. The zero-order valence-electron chi connectivity index (χ0n) is 20.4. The van der Waals surface area contributed by atoms with Gasteiger partial charge in [0.15, 0.2) is 0 Å². The van der Waals surface area contributed by atoms with E-state index >= 15 is 0 Å². The van der Waals surface area contributed by atoms with Crippen LogP contribution in [0.3, 0.4) is 0 Å². The number of esters is 1. The molecule has 0 saturated heterocycles. The molecule has 2 aromatic rings. The Labute approximate surface area is 205 Å². The highest BCUT2D eigenvalue weighted by molar-refractivity contribution is 5.97. The van der Waals surface area contributed by atoms with E-state index in [1.165, 1.54) is 11.8 Å². The Morgan fingerprint density at radius 1 is 0.943 bits per heavy atom. The van der Waals surface area contributed by atoms with Crippen LogP contribution in [0, 0.1) is 0 Å². The van der Waals surface area contributed by atoms with Crippen molar-refractivity contribution in [2.45, 2.75) is 45.8 Å². The van der Waals surface area contributed by atoms with Crippen molar-refractivity contribution < 1.29 is 28.7 Å². The van der Waals surface area contributed by atoms with E-state index < -0.39 is 18.1 Å². The first kappa shape index (κ1) is 27.4. The zero-order chi connectivity index (χ0) is 25.6. The number of nitrogens with one attached hydrogen (secondary N) is 2. The van der Waals surface area contributed by atoms with Crippen molar-refractivity contribution in [1.29, 1.82) is 0 Å². The van der Waals surface area contributed by atoms with E-state index in [0.717, 1.165) is 11.1 Å². The van der Waals surface area contributed by atoms with E-state index in [1.807, 2.05) is 37.3 Å². The summed E-state index contributed by atoms with van der Waals surface area (Å²) in [6.45, 7) is 3.58. The quantitative estimate of drug-likeness (QED) is 0.448. The van der Waals surface area contributed by atoms with E-state index in [9.17, 15) is 19.2 Å². The number of benzene rings is 2. The fraction of sp³-hybridized carbons (Fsp3) is 0.385. The molecule has 0 aromatic heterocycles. The lowest BCUT2D eigenvalue weighted by atomic mass is 10.0. The summed E-state index contributed by atoms with van der Waals surface area (Å²) in [5.41, 5.74) is 2.24. The van der Waals surface area contributed by atoms with Gasteiger partial charge >= 0.3 is 12.1 Å². The first-order valence-electron chi connectivity index (χ1n) is 11.5. The summed E-state index contributed by atoms with van der Waals surface area (Å²) in [5.74, 6) is -0.890. The van der Waals surface area contributed by atoms with Crippen LogP contribution in [-0.4, -0.2) is 55.0 Å². The molecule has 9 nitrogen and oxygen atoms in total. The predicted octanol–water partition coefficient (Wildman–Crippen LogP) is 3.28. The minimum Gasteiger partial charge on any atom is -0.464 e. The first-order valence-corrected chi connectivity index (χ1v) is 11.5. The third-order valence-corrected chi connectivity index (χ3v) is 5.04. The Kier molecular flexibility index (Phi) is 11.3. The summed E-state index contributed by atoms with van der Waals surface area (Å²) < 4.78 is 10.1. The predicted molar refractivity (Wildman–Crippen MR) is 132 cm³/mol. The maximum Gasteiger partial charge on any atom is 0.409 e. The molecule has 0 heterocycles. The number of carbonyl (C=O) groups excluding carboxylic acids is 4. The van der Waals surface area contributed by atoms with E-state index in [0.29, 0.717) is 24.9 Å². The summed E-state index contributed by atoms with van der Waals surface area (Å²) in [7, 11) is 1.55. The summed E-state index contributed by atoms with van der Waals surface area (Å²) >= 11 is 0. The second kappa shape index (κ2) is 14.4. The van der Waals surface area contributed by atoms with Gasteiger partial charge in [0.2, 0.25) is 11.8 Å². The van der Waals surface area contributed by atoms with Crippen LogP contribution in [-0.2, 0) is 36.9 Å². The Balaban J connectivity index is 1.91. The molecule has 0 saturated carbocycles. The molecule has 0 aliphatic heterocycles. The van der Waals surface area contributed by atoms with Crippen LogP contribution in [0.25, 0.3) is 0 Å². The van der Waals surface area contributed by atoms with Gasteiger partial charge in [0.05, 0.1) is 6.54 Å². The second-order valence-corrected chi connectivity index (χ2v) is 8.06. The minimum absolute atomic E-state index is 0.0503. The molecule has 3 amide bonds. The van der Waals surface area contributed by atoms with Gasteiger partial charge in [-0.1, -0.05) is 49.4 Å². The molecule has 0 unspecified atom stereocenters. The van der Waals surface area contributed by atoms with Gasteiger partial charge in [0, 0.05) is 32.5 Å². The van der Waals surface area contributed by atoms with E-state index in [-0.39, 0.29) is 31.6 Å². The molecule has 188 valence electrons. The van der Waals surface area contributed by atoms with Gasteiger partial charge < -0.3 is 25.0 Å². The number of ether oxygens (including phenoxy) is 2. The van der Waals surface area contributed by atoms with Crippen LogP contribution in [0.2, 0.25) is 0 Å². The monoisotopic (exact) mass is 483 g/mol. The van der Waals surface area contributed by atoms with Crippen LogP contribution in [0.4, 0.5) is 10.5 Å². The molecule has 0 radical (unpaired) electrons. The molecular weight excluding hydrogens is 450 g/mol. The SMILES string of the molecule is CCCC(=O)N[C@H](Cc1ccccc1)C(=O)Nc1ccc(COC(=O)N(C)CCOC(C)=O)cc1. The Morgan fingerprint density at radius 2 is 1.63 bits per heavy atom.